The highest BCUT2D eigenvalue weighted by molar-refractivity contribution is 7.91. The normalized spacial score (nSPS) is 17.8. The van der Waals surface area contributed by atoms with Gasteiger partial charge in [0.05, 0.1) is 23.9 Å². The van der Waals surface area contributed by atoms with Gasteiger partial charge in [0, 0.05) is 18.2 Å². The summed E-state index contributed by atoms with van der Waals surface area (Å²) >= 11 is 5.76. The average molecular weight is 493 g/mol. The van der Waals surface area contributed by atoms with Gasteiger partial charge in [0.1, 0.15) is 11.6 Å². The van der Waals surface area contributed by atoms with E-state index in [0.29, 0.717) is 47.4 Å². The van der Waals surface area contributed by atoms with Gasteiger partial charge >= 0.3 is 0 Å². The van der Waals surface area contributed by atoms with Crippen LogP contribution in [0.25, 0.3) is 17.1 Å². The molecule has 1 fully saturated rings. The van der Waals surface area contributed by atoms with E-state index in [1.807, 2.05) is 0 Å². The number of hydrogen-bond acceptors (Lipinski definition) is 5. The molecular weight excluding hydrogens is 466 g/mol. The molecule has 0 radical (unpaired) electrons. The highest BCUT2D eigenvalue weighted by atomic mass is 32.2. The van der Waals surface area contributed by atoms with Gasteiger partial charge in [-0.25, -0.2) is 21.9 Å². The third-order valence-corrected chi connectivity index (χ3v) is 7.81. The molecule has 33 heavy (non-hydrogen) atoms. The number of sulfone groups is 1. The Morgan fingerprint density at radius 1 is 1.09 bits per heavy atom. The van der Waals surface area contributed by atoms with Crippen molar-refractivity contribution in [1.82, 2.24) is 19.2 Å². The molecule has 2 aromatic carbocycles. The summed E-state index contributed by atoms with van der Waals surface area (Å²) in [5.74, 6) is 0.384. The number of benzene rings is 2. The van der Waals surface area contributed by atoms with E-state index in [1.54, 1.807) is 33.5 Å². The predicted molar refractivity (Wildman–Crippen MR) is 126 cm³/mol. The fourth-order valence-corrected chi connectivity index (χ4v) is 6.19. The quantitative estimate of drug-likeness (QED) is 0.456. The lowest BCUT2D eigenvalue weighted by Crippen LogP contribution is -2.40. The van der Waals surface area contributed by atoms with Crippen LogP contribution >= 0.6 is 12.2 Å². The Labute approximate surface area is 197 Å². The van der Waals surface area contributed by atoms with Crippen LogP contribution in [0.2, 0.25) is 0 Å². The molecule has 176 valence electrons. The van der Waals surface area contributed by atoms with Crippen LogP contribution in [0.5, 0.6) is 0 Å². The maximum Gasteiger partial charge on any atom is 0.204 e. The van der Waals surface area contributed by atoms with E-state index in [2.05, 4.69) is 18.7 Å². The van der Waals surface area contributed by atoms with Gasteiger partial charge in [-0.3, -0.25) is 9.47 Å². The number of rotatable bonds is 7. The Balaban J connectivity index is 1.77. The number of aromatic nitrogens is 3. The van der Waals surface area contributed by atoms with Gasteiger partial charge < -0.3 is 0 Å². The lowest BCUT2D eigenvalue weighted by molar-refractivity contribution is 0.137. The molecule has 1 aliphatic rings. The summed E-state index contributed by atoms with van der Waals surface area (Å²) in [6.07, 6.45) is 0.575. The standard InChI is InChI=1S/C23H26F2N4O2S2/c1-16(2)13-27(21-11-12-33(30,31)14-21)15-28-23(32)29(20-9-7-19(25)8-10-20)22(26-28)17-3-5-18(24)6-4-17/h3-10,16,21H,11-15H2,1-2H3. The first-order valence-corrected chi connectivity index (χ1v) is 13.0. The molecular formula is C23H26F2N4O2S2. The monoisotopic (exact) mass is 492 g/mol. The van der Waals surface area contributed by atoms with E-state index in [0.717, 1.165) is 0 Å². The number of nitrogens with zero attached hydrogens (tertiary/aromatic N) is 4. The summed E-state index contributed by atoms with van der Waals surface area (Å²) in [4.78, 5) is 2.11. The van der Waals surface area contributed by atoms with Gasteiger partial charge in [0.15, 0.2) is 15.7 Å². The van der Waals surface area contributed by atoms with Crippen LogP contribution < -0.4 is 0 Å². The van der Waals surface area contributed by atoms with Crippen molar-refractivity contribution in [2.24, 2.45) is 5.92 Å². The Bertz CT molecular complexity index is 1280. The molecule has 0 saturated carbocycles. The van der Waals surface area contributed by atoms with Gasteiger partial charge in [-0.05, 0) is 73.1 Å². The van der Waals surface area contributed by atoms with Crippen molar-refractivity contribution < 1.29 is 17.2 Å². The van der Waals surface area contributed by atoms with Gasteiger partial charge in [0.2, 0.25) is 4.77 Å². The second-order valence-corrected chi connectivity index (χ2v) is 11.4. The highest BCUT2D eigenvalue weighted by Crippen LogP contribution is 2.25. The minimum atomic E-state index is -3.05. The summed E-state index contributed by atoms with van der Waals surface area (Å²) in [5, 5.41) is 4.73. The third kappa shape index (κ3) is 5.39. The van der Waals surface area contributed by atoms with E-state index in [9.17, 15) is 17.2 Å². The van der Waals surface area contributed by atoms with Gasteiger partial charge in [-0.2, -0.15) is 0 Å². The third-order valence-electron chi connectivity index (χ3n) is 5.67. The molecule has 1 saturated heterocycles. The molecule has 1 unspecified atom stereocenters. The first-order chi connectivity index (χ1) is 15.6. The van der Waals surface area contributed by atoms with Gasteiger partial charge in [-0.1, -0.05) is 13.8 Å². The molecule has 3 aromatic rings. The van der Waals surface area contributed by atoms with E-state index in [-0.39, 0.29) is 29.2 Å². The molecule has 6 nitrogen and oxygen atoms in total. The summed E-state index contributed by atoms with van der Waals surface area (Å²) in [6, 6.07) is 11.7. The molecule has 1 atom stereocenters. The fraction of sp³-hybridized carbons (Fsp3) is 0.391. The van der Waals surface area contributed by atoms with Crippen LogP contribution in [-0.4, -0.2) is 51.8 Å². The molecule has 0 bridgehead atoms. The van der Waals surface area contributed by atoms with Crippen molar-refractivity contribution in [3.05, 3.63) is 64.9 Å². The van der Waals surface area contributed by atoms with Gasteiger partial charge in [-0.15, -0.1) is 5.10 Å². The zero-order valence-electron chi connectivity index (χ0n) is 18.5. The summed E-state index contributed by atoms with van der Waals surface area (Å²) in [5.41, 5.74) is 1.29. The van der Waals surface area contributed by atoms with Crippen LogP contribution in [0.3, 0.4) is 0 Å². The summed E-state index contributed by atoms with van der Waals surface area (Å²) < 4.78 is 55.0. The number of hydrogen-bond donors (Lipinski definition) is 0. The van der Waals surface area contributed by atoms with Crippen LogP contribution in [0.1, 0.15) is 20.3 Å². The van der Waals surface area contributed by atoms with E-state index in [1.165, 1.54) is 24.3 Å². The fourth-order valence-electron chi connectivity index (χ4n) is 4.14. The Morgan fingerprint density at radius 2 is 1.70 bits per heavy atom. The van der Waals surface area contributed by atoms with Gasteiger partial charge in [0.25, 0.3) is 0 Å². The molecule has 0 amide bonds. The van der Waals surface area contributed by atoms with Crippen molar-refractivity contribution >= 4 is 22.1 Å². The van der Waals surface area contributed by atoms with E-state index < -0.39 is 9.84 Å². The Kier molecular flexibility index (Phi) is 6.78. The smallest absolute Gasteiger partial charge is 0.204 e. The molecule has 1 aliphatic heterocycles. The summed E-state index contributed by atoms with van der Waals surface area (Å²) in [7, 11) is -3.05. The lowest BCUT2D eigenvalue weighted by Gasteiger charge is -2.29. The first kappa shape index (κ1) is 23.7. The van der Waals surface area contributed by atoms with Crippen LogP contribution in [0.15, 0.2) is 48.5 Å². The van der Waals surface area contributed by atoms with Crippen molar-refractivity contribution in [1.29, 1.82) is 0 Å². The van der Waals surface area contributed by atoms with Crippen LogP contribution in [0, 0.1) is 22.3 Å². The molecule has 10 heteroatoms. The van der Waals surface area contributed by atoms with Crippen molar-refractivity contribution in [3.8, 4) is 17.1 Å². The minimum Gasteiger partial charge on any atom is -0.280 e. The zero-order chi connectivity index (χ0) is 23.8. The molecule has 0 spiro atoms. The number of halogens is 2. The first-order valence-electron chi connectivity index (χ1n) is 10.8. The highest BCUT2D eigenvalue weighted by Gasteiger charge is 2.33. The maximum absolute atomic E-state index is 13.6. The molecule has 4 rings (SSSR count). The molecule has 2 heterocycles. The zero-order valence-corrected chi connectivity index (χ0v) is 20.1. The summed E-state index contributed by atoms with van der Waals surface area (Å²) in [6.45, 7) is 5.17. The second-order valence-electron chi connectivity index (χ2n) is 8.79. The van der Waals surface area contributed by atoms with Crippen LogP contribution in [0.4, 0.5) is 8.78 Å². The lowest BCUT2D eigenvalue weighted by atomic mass is 10.1. The predicted octanol–water partition coefficient (Wildman–Crippen LogP) is 4.45. The van der Waals surface area contributed by atoms with Crippen molar-refractivity contribution in [3.63, 3.8) is 0 Å². The average Bonchev–Trinajstić information content (AvgIpc) is 3.28. The topological polar surface area (TPSA) is 60.1 Å². The Morgan fingerprint density at radius 3 is 2.24 bits per heavy atom. The minimum absolute atomic E-state index is 0.107. The largest absolute Gasteiger partial charge is 0.280 e. The van der Waals surface area contributed by atoms with Crippen molar-refractivity contribution in [2.45, 2.75) is 33.0 Å². The SMILES string of the molecule is CC(C)CN(Cn1nc(-c2ccc(F)cc2)n(-c2ccc(F)cc2)c1=S)C1CCS(=O)(=O)C1. The van der Waals surface area contributed by atoms with E-state index in [4.69, 9.17) is 17.3 Å². The second kappa shape index (κ2) is 9.44. The van der Waals surface area contributed by atoms with E-state index >= 15 is 0 Å². The maximum atomic E-state index is 13.6. The molecule has 1 aromatic heterocycles. The molecule has 0 N–H and O–H groups in total. The van der Waals surface area contributed by atoms with Crippen LogP contribution in [-0.2, 0) is 16.5 Å². The molecule has 0 aliphatic carbocycles. The van der Waals surface area contributed by atoms with Crippen molar-refractivity contribution in [2.75, 3.05) is 18.1 Å². The Hall–Kier alpha value is -2.43.